The Morgan fingerprint density at radius 2 is 2.05 bits per heavy atom. The summed E-state index contributed by atoms with van der Waals surface area (Å²) in [6, 6.07) is 13.5. The zero-order chi connectivity index (χ0) is 13.2. The van der Waals surface area contributed by atoms with Crippen molar-refractivity contribution in [1.29, 1.82) is 0 Å². The third kappa shape index (κ3) is 2.28. The summed E-state index contributed by atoms with van der Waals surface area (Å²) in [6.07, 6.45) is 4.43. The Kier molecular flexibility index (Phi) is 3.34. The van der Waals surface area contributed by atoms with Crippen LogP contribution in [-0.4, -0.2) is 12.0 Å². The van der Waals surface area contributed by atoms with Crippen molar-refractivity contribution < 1.29 is 0 Å². The van der Waals surface area contributed by atoms with Gasteiger partial charge in [0.1, 0.15) is 0 Å². The molecule has 1 aliphatic carbocycles. The summed E-state index contributed by atoms with van der Waals surface area (Å²) in [5, 5.41) is 3.48. The van der Waals surface area contributed by atoms with Crippen LogP contribution >= 0.6 is 0 Å². The lowest BCUT2D eigenvalue weighted by molar-refractivity contribution is 0.475. The number of hydrogen-bond acceptors (Lipinski definition) is 2. The Labute approximate surface area is 114 Å². The maximum absolute atomic E-state index is 4.44. The number of fused-ring (bicyclic) bond motifs is 1. The normalized spacial score (nSPS) is 19.2. The van der Waals surface area contributed by atoms with E-state index in [4.69, 9.17) is 0 Å². The molecule has 98 valence electrons. The van der Waals surface area contributed by atoms with Gasteiger partial charge in [-0.15, -0.1) is 0 Å². The van der Waals surface area contributed by atoms with E-state index in [9.17, 15) is 0 Å². The minimum absolute atomic E-state index is 0.358. The number of hydrogen-bond donors (Lipinski definition) is 1. The number of pyridine rings is 1. The largest absolute Gasteiger partial charge is 0.312 e. The minimum Gasteiger partial charge on any atom is -0.312 e. The van der Waals surface area contributed by atoms with E-state index in [1.807, 2.05) is 20.2 Å². The molecule has 0 aliphatic heterocycles. The van der Waals surface area contributed by atoms with Gasteiger partial charge in [-0.25, -0.2) is 0 Å². The molecule has 19 heavy (non-hydrogen) atoms. The van der Waals surface area contributed by atoms with Crippen LogP contribution in [0.1, 0.15) is 40.8 Å². The van der Waals surface area contributed by atoms with Crippen LogP contribution in [0, 0.1) is 6.92 Å². The maximum Gasteiger partial charge on any atom is 0.0402 e. The Morgan fingerprint density at radius 3 is 2.79 bits per heavy atom. The Bertz CT molecular complexity index is 560. The first-order valence-corrected chi connectivity index (χ1v) is 6.97. The summed E-state index contributed by atoms with van der Waals surface area (Å²) in [4.78, 5) is 4.44. The Hall–Kier alpha value is -1.67. The van der Waals surface area contributed by atoms with Crippen LogP contribution in [0.15, 0.2) is 42.6 Å². The van der Waals surface area contributed by atoms with Crippen molar-refractivity contribution in [2.24, 2.45) is 0 Å². The third-order valence-corrected chi connectivity index (χ3v) is 4.19. The van der Waals surface area contributed by atoms with E-state index >= 15 is 0 Å². The summed E-state index contributed by atoms with van der Waals surface area (Å²) in [5.41, 5.74) is 5.37. The smallest absolute Gasteiger partial charge is 0.0402 e. The maximum atomic E-state index is 4.44. The van der Waals surface area contributed by atoms with Crippen molar-refractivity contribution >= 4 is 0 Å². The molecule has 0 amide bonds. The highest BCUT2D eigenvalue weighted by molar-refractivity contribution is 5.38. The molecule has 0 radical (unpaired) electrons. The van der Waals surface area contributed by atoms with E-state index in [0.717, 1.165) is 5.69 Å². The number of rotatable bonds is 3. The van der Waals surface area contributed by atoms with Crippen LogP contribution in [0.4, 0.5) is 0 Å². The first-order valence-electron chi connectivity index (χ1n) is 6.97. The standard InChI is InChI=1S/C17H20N2/c1-12-7-8-14(11-19-12)17(18-2)16-10-9-13-5-3-4-6-15(13)16/h3-8,11,16-18H,9-10H2,1-2H3. The third-order valence-electron chi connectivity index (χ3n) is 4.19. The molecule has 0 fully saturated rings. The molecule has 1 heterocycles. The van der Waals surface area contributed by atoms with Crippen molar-refractivity contribution in [3.8, 4) is 0 Å². The van der Waals surface area contributed by atoms with Gasteiger partial charge in [-0.1, -0.05) is 30.3 Å². The zero-order valence-electron chi connectivity index (χ0n) is 11.6. The van der Waals surface area contributed by atoms with Crippen LogP contribution < -0.4 is 5.32 Å². The highest BCUT2D eigenvalue weighted by Crippen LogP contribution is 2.41. The highest BCUT2D eigenvalue weighted by Gasteiger charge is 2.29. The van der Waals surface area contributed by atoms with Crippen molar-refractivity contribution in [3.63, 3.8) is 0 Å². The van der Waals surface area contributed by atoms with Gasteiger partial charge in [-0.05, 0) is 49.6 Å². The second-order valence-electron chi connectivity index (χ2n) is 5.34. The molecule has 1 aromatic heterocycles. The number of aromatic nitrogens is 1. The van der Waals surface area contributed by atoms with Crippen molar-refractivity contribution in [1.82, 2.24) is 10.3 Å². The number of nitrogens with one attached hydrogen (secondary N) is 1. The molecule has 0 bridgehead atoms. The van der Waals surface area contributed by atoms with Crippen LogP contribution in [-0.2, 0) is 6.42 Å². The van der Waals surface area contributed by atoms with Crippen molar-refractivity contribution in [2.75, 3.05) is 7.05 Å². The molecule has 1 aliphatic rings. The van der Waals surface area contributed by atoms with E-state index in [-0.39, 0.29) is 0 Å². The first-order chi connectivity index (χ1) is 9.29. The average Bonchev–Trinajstić information content (AvgIpc) is 2.86. The fourth-order valence-corrected chi connectivity index (χ4v) is 3.20. The quantitative estimate of drug-likeness (QED) is 0.906. The van der Waals surface area contributed by atoms with Gasteiger partial charge in [-0.2, -0.15) is 0 Å². The summed E-state index contributed by atoms with van der Waals surface area (Å²) in [7, 11) is 2.05. The molecule has 0 saturated heterocycles. The van der Waals surface area contributed by atoms with E-state index in [1.165, 1.54) is 29.5 Å². The zero-order valence-corrected chi connectivity index (χ0v) is 11.6. The van der Waals surface area contributed by atoms with Gasteiger partial charge in [0, 0.05) is 23.9 Å². The van der Waals surface area contributed by atoms with Crippen LogP contribution in [0.2, 0.25) is 0 Å². The van der Waals surface area contributed by atoms with E-state index in [1.54, 1.807) is 0 Å². The number of nitrogens with zero attached hydrogens (tertiary/aromatic N) is 1. The molecular weight excluding hydrogens is 232 g/mol. The monoisotopic (exact) mass is 252 g/mol. The van der Waals surface area contributed by atoms with Gasteiger partial charge < -0.3 is 5.32 Å². The van der Waals surface area contributed by atoms with Gasteiger partial charge in [0.2, 0.25) is 0 Å². The van der Waals surface area contributed by atoms with Crippen molar-refractivity contribution in [2.45, 2.75) is 31.7 Å². The molecule has 0 spiro atoms. The lowest BCUT2D eigenvalue weighted by Gasteiger charge is -2.24. The number of likely N-dealkylation sites (N-methyl/N-ethyl adjacent to an activating group) is 1. The van der Waals surface area contributed by atoms with Crippen LogP contribution in [0.25, 0.3) is 0 Å². The summed E-state index contributed by atoms with van der Waals surface area (Å²) < 4.78 is 0. The van der Waals surface area contributed by atoms with Gasteiger partial charge in [-0.3, -0.25) is 4.98 Å². The predicted octanol–water partition coefficient (Wildman–Crippen LogP) is 3.38. The van der Waals surface area contributed by atoms with E-state index in [2.05, 4.69) is 46.7 Å². The summed E-state index contributed by atoms with van der Waals surface area (Å²) >= 11 is 0. The molecule has 2 heteroatoms. The van der Waals surface area contributed by atoms with Gasteiger partial charge in [0.25, 0.3) is 0 Å². The molecule has 0 saturated carbocycles. The molecule has 2 nitrogen and oxygen atoms in total. The molecular formula is C17H20N2. The molecule has 1 N–H and O–H groups in total. The lowest BCUT2D eigenvalue weighted by atomic mass is 9.89. The molecule has 2 atom stereocenters. The summed E-state index contributed by atoms with van der Waals surface area (Å²) in [6.45, 7) is 2.03. The lowest BCUT2D eigenvalue weighted by Crippen LogP contribution is -2.22. The van der Waals surface area contributed by atoms with Crippen molar-refractivity contribution in [3.05, 3.63) is 65.0 Å². The average molecular weight is 252 g/mol. The fourth-order valence-electron chi connectivity index (χ4n) is 3.20. The Morgan fingerprint density at radius 1 is 1.21 bits per heavy atom. The van der Waals surface area contributed by atoms with Gasteiger partial charge in [0.05, 0.1) is 0 Å². The Balaban J connectivity index is 1.94. The molecule has 1 aromatic carbocycles. The van der Waals surface area contributed by atoms with Crippen LogP contribution in [0.3, 0.4) is 0 Å². The second-order valence-corrected chi connectivity index (χ2v) is 5.34. The minimum atomic E-state index is 0.358. The molecule has 2 aromatic rings. The number of benzene rings is 1. The first kappa shape index (κ1) is 12.4. The summed E-state index contributed by atoms with van der Waals surface area (Å²) in [5.74, 6) is 0.561. The predicted molar refractivity (Wildman–Crippen MR) is 78.3 cm³/mol. The van der Waals surface area contributed by atoms with Crippen LogP contribution in [0.5, 0.6) is 0 Å². The fraction of sp³-hybridized carbons (Fsp3) is 0.353. The second kappa shape index (κ2) is 5.14. The number of aryl methyl sites for hydroxylation is 2. The van der Waals surface area contributed by atoms with E-state index in [0.29, 0.717) is 12.0 Å². The van der Waals surface area contributed by atoms with E-state index < -0.39 is 0 Å². The molecule has 2 unspecified atom stereocenters. The van der Waals surface area contributed by atoms with Gasteiger partial charge >= 0.3 is 0 Å². The SMILES string of the molecule is CNC(c1ccc(C)nc1)C1CCc2ccccc21. The van der Waals surface area contributed by atoms with Gasteiger partial charge in [0.15, 0.2) is 0 Å². The topological polar surface area (TPSA) is 24.9 Å². The highest BCUT2D eigenvalue weighted by atomic mass is 14.9. The molecule has 3 rings (SSSR count).